The van der Waals surface area contributed by atoms with Gasteiger partial charge in [-0.1, -0.05) is 88.4 Å². The zero-order valence-electron chi connectivity index (χ0n) is 26.2. The van der Waals surface area contributed by atoms with E-state index in [1.54, 1.807) is 0 Å². The summed E-state index contributed by atoms with van der Waals surface area (Å²) < 4.78 is 2.46. The molecule has 8 aromatic rings. The largest absolute Gasteiger partial charge is 0.309 e. The number of nitrogens with zero attached hydrogens (tertiary/aromatic N) is 1. The molecule has 0 spiro atoms. The zero-order valence-corrected chi connectivity index (χ0v) is 26.2. The van der Waals surface area contributed by atoms with Gasteiger partial charge in [0, 0.05) is 16.5 Å². The van der Waals surface area contributed by atoms with Gasteiger partial charge in [-0.2, -0.15) is 0 Å². The molecule has 1 nitrogen and oxygen atoms in total. The molecule has 0 unspecified atom stereocenters. The lowest BCUT2D eigenvalue weighted by Gasteiger charge is -2.26. The molecular weight excluding hydrogens is 542 g/mol. The molecule has 0 radical (unpaired) electrons. The van der Waals surface area contributed by atoms with Gasteiger partial charge in [-0.25, -0.2) is 0 Å². The van der Waals surface area contributed by atoms with E-state index in [1.165, 1.54) is 93.5 Å². The number of benzene rings is 7. The highest BCUT2D eigenvalue weighted by atomic mass is 15.0. The smallest absolute Gasteiger partial charge is 0.0541 e. The van der Waals surface area contributed by atoms with Crippen LogP contribution in [0.3, 0.4) is 0 Å². The van der Waals surface area contributed by atoms with E-state index in [2.05, 4.69) is 160 Å². The van der Waals surface area contributed by atoms with Gasteiger partial charge in [0.15, 0.2) is 0 Å². The first kappa shape index (κ1) is 26.3. The Morgan fingerprint density at radius 2 is 0.911 bits per heavy atom. The quantitative estimate of drug-likeness (QED) is 0.196. The van der Waals surface area contributed by atoms with Crippen LogP contribution in [0.15, 0.2) is 127 Å². The monoisotopic (exact) mass is 577 g/mol. The fourth-order valence-corrected chi connectivity index (χ4v) is 7.42. The van der Waals surface area contributed by atoms with Crippen molar-refractivity contribution in [1.82, 2.24) is 4.57 Å². The average Bonchev–Trinajstić information content (AvgIpc) is 3.39. The molecule has 0 aliphatic heterocycles. The summed E-state index contributed by atoms with van der Waals surface area (Å²) in [6, 6.07) is 48.1. The number of aromatic nitrogens is 1. The lowest BCUT2D eigenvalue weighted by molar-refractivity contribution is 0.868. The van der Waals surface area contributed by atoms with Crippen LogP contribution in [0.5, 0.6) is 0 Å². The van der Waals surface area contributed by atoms with Gasteiger partial charge in [-0.15, -0.1) is 0 Å². The van der Waals surface area contributed by atoms with Gasteiger partial charge in [0.2, 0.25) is 0 Å². The van der Waals surface area contributed by atoms with Crippen molar-refractivity contribution in [1.29, 1.82) is 0 Å². The number of hydrogen-bond acceptors (Lipinski definition) is 0. The van der Waals surface area contributed by atoms with Gasteiger partial charge in [0.25, 0.3) is 0 Å². The van der Waals surface area contributed by atoms with E-state index >= 15 is 0 Å². The molecule has 0 bridgehead atoms. The van der Waals surface area contributed by atoms with E-state index in [0.717, 1.165) is 0 Å². The van der Waals surface area contributed by atoms with Crippen LogP contribution in [0.2, 0.25) is 0 Å². The van der Waals surface area contributed by atoms with Crippen molar-refractivity contribution in [3.8, 4) is 39.1 Å². The number of hydrogen-bond donors (Lipinski definition) is 0. The first-order valence-electron chi connectivity index (χ1n) is 16.2. The van der Waals surface area contributed by atoms with Crippen molar-refractivity contribution in [3.63, 3.8) is 0 Å². The fraction of sp³-hybridized carbons (Fsp3) is 0.136. The van der Waals surface area contributed by atoms with Crippen molar-refractivity contribution in [2.24, 2.45) is 0 Å². The second-order valence-corrected chi connectivity index (χ2v) is 13.5. The van der Waals surface area contributed by atoms with Crippen molar-refractivity contribution in [3.05, 3.63) is 139 Å². The van der Waals surface area contributed by atoms with E-state index in [0.29, 0.717) is 11.8 Å². The highest BCUT2D eigenvalue weighted by Crippen LogP contribution is 2.50. The lowest BCUT2D eigenvalue weighted by atomic mass is 9.77. The Balaban J connectivity index is 1.18. The second kappa shape index (κ2) is 9.68. The fourth-order valence-electron chi connectivity index (χ4n) is 7.42. The molecule has 45 heavy (non-hydrogen) atoms. The minimum Gasteiger partial charge on any atom is -0.309 e. The first-order valence-corrected chi connectivity index (χ1v) is 16.2. The van der Waals surface area contributed by atoms with Crippen molar-refractivity contribution < 1.29 is 0 Å². The molecule has 1 heterocycles. The summed E-state index contributed by atoms with van der Waals surface area (Å²) in [7, 11) is 0. The summed E-state index contributed by atoms with van der Waals surface area (Å²) in [6.07, 6.45) is 0. The number of fused-ring (bicyclic) bond motifs is 9. The molecule has 0 saturated heterocycles. The second-order valence-electron chi connectivity index (χ2n) is 13.5. The minimum atomic E-state index is 0.492. The molecule has 0 atom stereocenters. The molecular formula is C44H35N. The van der Waals surface area contributed by atoms with Gasteiger partial charge in [-0.05, 0) is 145 Å². The highest BCUT2D eigenvalue weighted by Gasteiger charge is 2.24. The maximum Gasteiger partial charge on any atom is 0.0541 e. The Labute approximate surface area is 264 Å². The van der Waals surface area contributed by atoms with E-state index in [-0.39, 0.29) is 0 Å². The summed E-state index contributed by atoms with van der Waals surface area (Å²) in [5.74, 6) is 0.983. The average molecular weight is 578 g/mol. The zero-order chi connectivity index (χ0) is 30.4. The molecule has 7 aromatic carbocycles. The highest BCUT2D eigenvalue weighted by molar-refractivity contribution is 6.13. The van der Waals surface area contributed by atoms with Crippen molar-refractivity contribution in [2.45, 2.75) is 39.5 Å². The van der Waals surface area contributed by atoms with Crippen LogP contribution in [0, 0.1) is 0 Å². The predicted molar refractivity (Wildman–Crippen MR) is 194 cm³/mol. The van der Waals surface area contributed by atoms with Crippen LogP contribution in [-0.2, 0) is 0 Å². The molecule has 216 valence electrons. The topological polar surface area (TPSA) is 4.93 Å². The summed E-state index contributed by atoms with van der Waals surface area (Å²) in [5.41, 5.74) is 14.5. The summed E-state index contributed by atoms with van der Waals surface area (Å²) in [6.45, 7) is 9.12. The van der Waals surface area contributed by atoms with E-state index in [4.69, 9.17) is 0 Å². The Hall–Kier alpha value is -5.14. The van der Waals surface area contributed by atoms with Crippen LogP contribution in [-0.4, -0.2) is 4.57 Å². The van der Waals surface area contributed by atoms with Gasteiger partial charge < -0.3 is 4.57 Å². The molecule has 1 aliphatic rings. The van der Waals surface area contributed by atoms with Crippen LogP contribution >= 0.6 is 0 Å². The van der Waals surface area contributed by atoms with E-state index < -0.39 is 0 Å². The maximum atomic E-state index is 2.46. The molecule has 9 rings (SSSR count). The SMILES string of the molecule is CC(C)c1ccc2c(c1)c1cc(C(C)C)ccc1n2-c1ccc2cc3c(cc2c1)-c1cc2ccc(-c4ccccc4)cc2cc1-3. The molecule has 1 aromatic heterocycles. The molecule has 0 fully saturated rings. The summed E-state index contributed by atoms with van der Waals surface area (Å²) >= 11 is 0. The third-order valence-corrected chi connectivity index (χ3v) is 10.0. The summed E-state index contributed by atoms with van der Waals surface area (Å²) in [5, 5.41) is 7.83. The standard InChI is InChI=1S/C44H35N/c1-26(2)29-13-16-43-41(20-29)42-21-30(27(3)4)14-17-44(42)45(43)36-15-12-33-23-38-39-24-34-18-31(28-8-6-5-7-9-28)10-11-32(34)22-37(39)40(38)25-35(33)19-36/h5-27H,1-4H3. The Morgan fingerprint density at radius 3 is 1.47 bits per heavy atom. The molecule has 0 saturated carbocycles. The van der Waals surface area contributed by atoms with Crippen LogP contribution < -0.4 is 0 Å². The molecule has 0 N–H and O–H groups in total. The van der Waals surface area contributed by atoms with Gasteiger partial charge in [0.05, 0.1) is 11.0 Å². The van der Waals surface area contributed by atoms with E-state index in [1.807, 2.05) is 0 Å². The summed E-state index contributed by atoms with van der Waals surface area (Å²) in [4.78, 5) is 0. The van der Waals surface area contributed by atoms with Crippen molar-refractivity contribution in [2.75, 3.05) is 0 Å². The number of rotatable bonds is 4. The van der Waals surface area contributed by atoms with Gasteiger partial charge in [-0.3, -0.25) is 0 Å². The minimum absolute atomic E-state index is 0.492. The third-order valence-electron chi connectivity index (χ3n) is 10.0. The van der Waals surface area contributed by atoms with Crippen LogP contribution in [0.4, 0.5) is 0 Å². The van der Waals surface area contributed by atoms with Crippen molar-refractivity contribution >= 4 is 43.4 Å². The Kier molecular flexibility index (Phi) is 5.65. The molecule has 1 aliphatic carbocycles. The maximum absolute atomic E-state index is 2.46. The van der Waals surface area contributed by atoms with Crippen LogP contribution in [0.25, 0.3) is 82.4 Å². The normalized spacial score (nSPS) is 12.4. The Bertz CT molecular complexity index is 2410. The van der Waals surface area contributed by atoms with Crippen LogP contribution in [0.1, 0.15) is 50.7 Å². The first-order chi connectivity index (χ1) is 21.9. The Morgan fingerprint density at radius 1 is 0.400 bits per heavy atom. The van der Waals surface area contributed by atoms with Gasteiger partial charge >= 0.3 is 0 Å². The molecule has 0 amide bonds. The third kappa shape index (κ3) is 4.00. The van der Waals surface area contributed by atoms with Gasteiger partial charge in [0.1, 0.15) is 0 Å². The lowest BCUT2D eigenvalue weighted by Crippen LogP contribution is -2.00. The van der Waals surface area contributed by atoms with E-state index in [9.17, 15) is 0 Å². The predicted octanol–water partition coefficient (Wildman–Crippen LogP) is 12.7. The molecule has 1 heteroatoms.